The lowest BCUT2D eigenvalue weighted by atomic mass is 10.1. The van der Waals surface area contributed by atoms with Gasteiger partial charge in [0, 0.05) is 13.6 Å². The van der Waals surface area contributed by atoms with E-state index < -0.39 is 30.4 Å². The molecule has 0 radical (unpaired) electrons. The summed E-state index contributed by atoms with van der Waals surface area (Å²) in [7, 11) is 1.64. The number of anilines is 1. The topological polar surface area (TPSA) is 134 Å². The number of aliphatic hydroxyl groups excluding tert-OH is 2. The number of amides is 1. The second-order valence-corrected chi connectivity index (χ2v) is 7.35. The van der Waals surface area contributed by atoms with Crippen molar-refractivity contribution in [2.45, 2.75) is 31.0 Å². The zero-order chi connectivity index (χ0) is 22.1. The van der Waals surface area contributed by atoms with E-state index in [1.807, 2.05) is 0 Å². The summed E-state index contributed by atoms with van der Waals surface area (Å²) in [6, 6.07) is 6.04. The van der Waals surface area contributed by atoms with Crippen LogP contribution in [-0.2, 0) is 16.0 Å². The molecular formula is C19H20ClFN6O4. The van der Waals surface area contributed by atoms with Gasteiger partial charge in [0.2, 0.25) is 5.28 Å². The molecule has 4 N–H and O–H groups in total. The van der Waals surface area contributed by atoms with Gasteiger partial charge in [-0.1, -0.05) is 12.1 Å². The minimum Gasteiger partial charge on any atom is -0.387 e. The van der Waals surface area contributed by atoms with E-state index in [1.54, 1.807) is 19.2 Å². The van der Waals surface area contributed by atoms with Crippen molar-refractivity contribution in [2.24, 2.45) is 0 Å². The summed E-state index contributed by atoms with van der Waals surface area (Å²) in [6.45, 7) is 0.206. The first-order chi connectivity index (χ1) is 14.9. The van der Waals surface area contributed by atoms with Crippen LogP contribution in [0.25, 0.3) is 11.2 Å². The monoisotopic (exact) mass is 450 g/mol. The highest BCUT2D eigenvalue weighted by Crippen LogP contribution is 2.33. The summed E-state index contributed by atoms with van der Waals surface area (Å²) in [5, 5.41) is 26.3. The number of ether oxygens (including phenoxy) is 1. The highest BCUT2D eigenvalue weighted by molar-refractivity contribution is 6.28. The number of fused-ring (bicyclic) bond motifs is 1. The lowest BCUT2D eigenvalue weighted by molar-refractivity contribution is -0.137. The van der Waals surface area contributed by atoms with Gasteiger partial charge >= 0.3 is 0 Å². The van der Waals surface area contributed by atoms with E-state index in [2.05, 4.69) is 25.6 Å². The highest BCUT2D eigenvalue weighted by Gasteiger charge is 2.47. The van der Waals surface area contributed by atoms with Gasteiger partial charge < -0.3 is 25.6 Å². The molecule has 10 nitrogen and oxygen atoms in total. The van der Waals surface area contributed by atoms with Crippen LogP contribution in [0.3, 0.4) is 0 Å². The first kappa shape index (κ1) is 21.4. The van der Waals surface area contributed by atoms with Crippen molar-refractivity contribution in [3.8, 4) is 0 Å². The second-order valence-electron chi connectivity index (χ2n) is 7.01. The molecule has 0 bridgehead atoms. The van der Waals surface area contributed by atoms with Gasteiger partial charge in [0.05, 0.1) is 6.33 Å². The molecule has 0 spiro atoms. The van der Waals surface area contributed by atoms with Crippen molar-refractivity contribution in [2.75, 3.05) is 18.9 Å². The molecule has 1 aromatic carbocycles. The molecular weight excluding hydrogens is 431 g/mol. The molecule has 1 saturated heterocycles. The smallest absolute Gasteiger partial charge is 0.252 e. The fraction of sp³-hybridized carbons (Fsp3) is 0.368. The molecule has 0 aliphatic carbocycles. The minimum absolute atomic E-state index is 0.0433. The number of imidazole rings is 1. The minimum atomic E-state index is -1.47. The zero-order valence-electron chi connectivity index (χ0n) is 16.4. The van der Waals surface area contributed by atoms with Crippen LogP contribution in [-0.4, -0.2) is 67.5 Å². The Bertz CT molecular complexity index is 1110. The molecule has 0 saturated carbocycles. The predicted octanol–water partition coefficient (Wildman–Crippen LogP) is 0.639. The zero-order valence-corrected chi connectivity index (χ0v) is 17.1. The standard InChI is InChI=1S/C19H20ClFN6O4/c1-22-15-11-16(26-19(20)25-15)27(8-24-11)18-13(29)12(28)14(31-18)17(30)23-6-5-9-3-2-4-10(21)7-9/h2-4,7-8,12-14,18,28-29H,5-6H2,1H3,(H,23,30)(H,22,25,26)/t12-,13+,14-,18+/m0/s1. The molecule has 164 valence electrons. The van der Waals surface area contributed by atoms with Crippen LogP contribution in [0.15, 0.2) is 30.6 Å². The number of benzene rings is 1. The van der Waals surface area contributed by atoms with Gasteiger partial charge in [-0.05, 0) is 35.7 Å². The first-order valence-electron chi connectivity index (χ1n) is 9.50. The molecule has 3 aromatic rings. The Morgan fingerprint density at radius 1 is 1.32 bits per heavy atom. The quantitative estimate of drug-likeness (QED) is 0.402. The third-order valence-electron chi connectivity index (χ3n) is 5.00. The molecule has 1 amide bonds. The van der Waals surface area contributed by atoms with Crippen LogP contribution in [0.5, 0.6) is 0 Å². The lowest BCUT2D eigenvalue weighted by Gasteiger charge is -2.16. The molecule has 1 fully saturated rings. The molecule has 4 atom stereocenters. The maximum Gasteiger partial charge on any atom is 0.252 e. The number of halogens is 2. The Labute approximate surface area is 181 Å². The number of aromatic nitrogens is 4. The van der Waals surface area contributed by atoms with Crippen molar-refractivity contribution < 1.29 is 24.1 Å². The lowest BCUT2D eigenvalue weighted by Crippen LogP contribution is -2.43. The summed E-state index contributed by atoms with van der Waals surface area (Å²) >= 11 is 5.96. The fourth-order valence-electron chi connectivity index (χ4n) is 3.48. The van der Waals surface area contributed by atoms with Crippen molar-refractivity contribution in [3.63, 3.8) is 0 Å². The van der Waals surface area contributed by atoms with Crippen LogP contribution in [0.4, 0.5) is 10.2 Å². The highest BCUT2D eigenvalue weighted by atomic mass is 35.5. The maximum absolute atomic E-state index is 13.3. The van der Waals surface area contributed by atoms with Crippen molar-refractivity contribution in [1.82, 2.24) is 24.8 Å². The van der Waals surface area contributed by atoms with Crippen molar-refractivity contribution in [1.29, 1.82) is 0 Å². The number of hydrogen-bond acceptors (Lipinski definition) is 8. The van der Waals surface area contributed by atoms with E-state index in [1.165, 1.54) is 23.0 Å². The number of rotatable bonds is 6. The van der Waals surface area contributed by atoms with Crippen LogP contribution in [0.2, 0.25) is 5.28 Å². The number of nitrogens with one attached hydrogen (secondary N) is 2. The molecule has 1 aliphatic rings. The fourth-order valence-corrected chi connectivity index (χ4v) is 3.64. The molecule has 31 heavy (non-hydrogen) atoms. The van der Waals surface area contributed by atoms with E-state index in [0.29, 0.717) is 23.3 Å². The molecule has 12 heteroatoms. The molecule has 2 aromatic heterocycles. The van der Waals surface area contributed by atoms with Gasteiger partial charge in [-0.15, -0.1) is 0 Å². The van der Waals surface area contributed by atoms with Gasteiger partial charge in [0.1, 0.15) is 18.0 Å². The largest absolute Gasteiger partial charge is 0.387 e. The maximum atomic E-state index is 13.3. The summed E-state index contributed by atoms with van der Waals surface area (Å²) in [5.74, 6) is -0.575. The third-order valence-corrected chi connectivity index (χ3v) is 5.17. The van der Waals surface area contributed by atoms with E-state index >= 15 is 0 Å². The van der Waals surface area contributed by atoms with Crippen molar-refractivity contribution >= 4 is 34.5 Å². The number of aliphatic hydroxyl groups is 2. The molecule has 3 heterocycles. The van der Waals surface area contributed by atoms with Gasteiger partial charge in [-0.2, -0.15) is 9.97 Å². The third kappa shape index (κ3) is 4.17. The van der Waals surface area contributed by atoms with Gasteiger partial charge in [0.15, 0.2) is 29.3 Å². The normalized spacial score (nSPS) is 23.3. The average Bonchev–Trinajstić information content (AvgIpc) is 3.28. The van der Waals surface area contributed by atoms with Gasteiger partial charge in [-0.3, -0.25) is 9.36 Å². The van der Waals surface area contributed by atoms with E-state index in [9.17, 15) is 19.4 Å². The first-order valence-corrected chi connectivity index (χ1v) is 9.88. The van der Waals surface area contributed by atoms with Gasteiger partial charge in [-0.25, -0.2) is 9.37 Å². The molecule has 1 aliphatic heterocycles. The second kappa shape index (κ2) is 8.71. The van der Waals surface area contributed by atoms with E-state index in [0.717, 1.165) is 0 Å². The average molecular weight is 451 g/mol. The van der Waals surface area contributed by atoms with Gasteiger partial charge in [0.25, 0.3) is 5.91 Å². The SMILES string of the molecule is CNc1nc(Cl)nc2c1ncn2[C@@H]1O[C@H](C(=O)NCCc2cccc(F)c2)[C@@H](O)[C@H]1O. The Morgan fingerprint density at radius 3 is 2.87 bits per heavy atom. The number of hydrogen-bond donors (Lipinski definition) is 4. The Morgan fingerprint density at radius 2 is 2.13 bits per heavy atom. The van der Waals surface area contributed by atoms with E-state index in [-0.39, 0.29) is 23.3 Å². The molecule has 0 unspecified atom stereocenters. The molecule has 4 rings (SSSR count). The summed E-state index contributed by atoms with van der Waals surface area (Å²) < 4.78 is 20.3. The van der Waals surface area contributed by atoms with Crippen LogP contribution in [0.1, 0.15) is 11.8 Å². The summed E-state index contributed by atoms with van der Waals surface area (Å²) in [4.78, 5) is 24.9. The van der Waals surface area contributed by atoms with E-state index in [4.69, 9.17) is 16.3 Å². The number of nitrogens with zero attached hydrogens (tertiary/aromatic N) is 4. The van der Waals surface area contributed by atoms with Crippen LogP contribution >= 0.6 is 11.6 Å². The van der Waals surface area contributed by atoms with Crippen LogP contribution < -0.4 is 10.6 Å². The predicted molar refractivity (Wildman–Crippen MR) is 109 cm³/mol. The summed E-state index contributed by atoms with van der Waals surface area (Å²) in [6.07, 6.45) is -3.56. The number of carbonyl (C=O) groups is 1. The van der Waals surface area contributed by atoms with Crippen molar-refractivity contribution in [3.05, 3.63) is 47.3 Å². The summed E-state index contributed by atoms with van der Waals surface area (Å²) in [5.41, 5.74) is 1.38. The number of carbonyl (C=O) groups excluding carboxylic acids is 1. The Kier molecular flexibility index (Phi) is 6.01. The Balaban J connectivity index is 1.47. The van der Waals surface area contributed by atoms with Crippen LogP contribution in [0, 0.1) is 5.82 Å². The Hall–Kier alpha value is -2.86.